The lowest BCUT2D eigenvalue weighted by atomic mass is 9.81. The molecule has 0 aliphatic heterocycles. The summed E-state index contributed by atoms with van der Waals surface area (Å²) in [5.41, 5.74) is 0.427. The highest BCUT2D eigenvalue weighted by atomic mass is 16.5. The van der Waals surface area contributed by atoms with Crippen LogP contribution in [0, 0.1) is 17.3 Å². The highest BCUT2D eigenvalue weighted by Crippen LogP contribution is 2.47. The number of hydrogen-bond acceptors (Lipinski definition) is 3. The van der Waals surface area contributed by atoms with Gasteiger partial charge in [0.15, 0.2) is 0 Å². The van der Waals surface area contributed by atoms with Gasteiger partial charge in [0.25, 0.3) is 0 Å². The Morgan fingerprint density at radius 2 is 1.95 bits per heavy atom. The summed E-state index contributed by atoms with van der Waals surface area (Å²) in [6.45, 7) is 11.7. The highest BCUT2D eigenvalue weighted by molar-refractivity contribution is 4.92. The van der Waals surface area contributed by atoms with Crippen LogP contribution in [0.2, 0.25) is 0 Å². The fraction of sp³-hybridized carbons (Fsp3) is 1.00. The number of rotatable bonds is 12. The van der Waals surface area contributed by atoms with Crippen molar-refractivity contribution in [2.45, 2.75) is 46.5 Å². The Labute approximate surface area is 119 Å². The fourth-order valence-corrected chi connectivity index (χ4v) is 2.58. The molecule has 0 radical (unpaired) electrons. The molecule has 1 fully saturated rings. The summed E-state index contributed by atoms with van der Waals surface area (Å²) in [4.78, 5) is 0. The van der Waals surface area contributed by atoms with Crippen LogP contribution >= 0.6 is 0 Å². The Bertz CT molecular complexity index is 229. The molecule has 0 bridgehead atoms. The van der Waals surface area contributed by atoms with Gasteiger partial charge in [0.05, 0.1) is 0 Å². The Morgan fingerprint density at radius 3 is 2.53 bits per heavy atom. The van der Waals surface area contributed by atoms with Crippen LogP contribution < -0.4 is 5.32 Å². The largest absolute Gasteiger partial charge is 0.385 e. The van der Waals surface area contributed by atoms with Crippen LogP contribution in [0.1, 0.15) is 46.5 Å². The maximum absolute atomic E-state index is 5.73. The summed E-state index contributed by atoms with van der Waals surface area (Å²) in [5, 5.41) is 3.63. The Morgan fingerprint density at radius 1 is 1.21 bits per heavy atom. The summed E-state index contributed by atoms with van der Waals surface area (Å²) >= 11 is 0. The molecular formula is C16H33NO2. The van der Waals surface area contributed by atoms with Crippen molar-refractivity contribution in [2.75, 3.05) is 40.0 Å². The van der Waals surface area contributed by atoms with Gasteiger partial charge in [-0.05, 0) is 49.5 Å². The van der Waals surface area contributed by atoms with E-state index in [0.29, 0.717) is 5.41 Å². The van der Waals surface area contributed by atoms with Crippen molar-refractivity contribution < 1.29 is 9.47 Å². The first-order chi connectivity index (χ1) is 9.08. The van der Waals surface area contributed by atoms with Crippen LogP contribution in [0.3, 0.4) is 0 Å². The summed E-state index contributed by atoms with van der Waals surface area (Å²) in [6.07, 6.45) is 4.99. The molecule has 1 saturated carbocycles. The van der Waals surface area contributed by atoms with E-state index in [1.165, 1.54) is 19.3 Å². The van der Waals surface area contributed by atoms with Crippen molar-refractivity contribution in [2.24, 2.45) is 17.3 Å². The second-order valence-corrected chi connectivity index (χ2v) is 6.66. The molecular weight excluding hydrogens is 238 g/mol. The molecule has 19 heavy (non-hydrogen) atoms. The van der Waals surface area contributed by atoms with E-state index in [0.717, 1.165) is 51.2 Å². The minimum atomic E-state index is 0.427. The van der Waals surface area contributed by atoms with Crippen molar-refractivity contribution in [1.82, 2.24) is 5.32 Å². The summed E-state index contributed by atoms with van der Waals surface area (Å²) < 4.78 is 10.8. The highest BCUT2D eigenvalue weighted by Gasteiger charge is 2.40. The third-order valence-electron chi connectivity index (χ3n) is 4.10. The van der Waals surface area contributed by atoms with Crippen molar-refractivity contribution in [3.05, 3.63) is 0 Å². The average molecular weight is 271 g/mol. The summed E-state index contributed by atoms with van der Waals surface area (Å²) in [7, 11) is 1.74. The molecule has 0 aromatic heterocycles. The lowest BCUT2D eigenvalue weighted by Crippen LogP contribution is -2.36. The third kappa shape index (κ3) is 7.28. The minimum Gasteiger partial charge on any atom is -0.385 e. The number of methoxy groups -OCH3 is 1. The maximum atomic E-state index is 5.73. The van der Waals surface area contributed by atoms with Crippen molar-refractivity contribution >= 4 is 0 Å². The van der Waals surface area contributed by atoms with Crippen molar-refractivity contribution in [3.8, 4) is 0 Å². The molecule has 114 valence electrons. The fourth-order valence-electron chi connectivity index (χ4n) is 2.58. The van der Waals surface area contributed by atoms with Gasteiger partial charge in [0.1, 0.15) is 0 Å². The van der Waals surface area contributed by atoms with Gasteiger partial charge in [-0.15, -0.1) is 0 Å². The molecule has 1 aliphatic rings. The van der Waals surface area contributed by atoms with Crippen LogP contribution in [0.4, 0.5) is 0 Å². The van der Waals surface area contributed by atoms with Crippen LogP contribution in [0.15, 0.2) is 0 Å². The molecule has 0 spiro atoms. The molecule has 3 nitrogen and oxygen atoms in total. The van der Waals surface area contributed by atoms with Gasteiger partial charge in [0, 0.05) is 33.5 Å². The lowest BCUT2D eigenvalue weighted by Gasteiger charge is -2.30. The second kappa shape index (κ2) is 8.93. The summed E-state index contributed by atoms with van der Waals surface area (Å²) in [5.74, 6) is 1.64. The average Bonchev–Trinajstić information content (AvgIpc) is 3.17. The molecule has 1 unspecified atom stereocenters. The van der Waals surface area contributed by atoms with E-state index < -0.39 is 0 Å². The number of hydrogen-bond donors (Lipinski definition) is 1. The van der Waals surface area contributed by atoms with E-state index >= 15 is 0 Å². The van der Waals surface area contributed by atoms with E-state index in [1.54, 1.807) is 7.11 Å². The van der Waals surface area contributed by atoms with Crippen LogP contribution in [0.5, 0.6) is 0 Å². The molecule has 1 aliphatic carbocycles. The third-order valence-corrected chi connectivity index (χ3v) is 4.10. The van der Waals surface area contributed by atoms with E-state index in [1.807, 2.05) is 0 Å². The molecule has 1 atom stereocenters. The molecule has 0 aromatic carbocycles. The number of nitrogens with one attached hydrogen (secondary N) is 1. The van der Waals surface area contributed by atoms with Gasteiger partial charge in [0.2, 0.25) is 0 Å². The standard InChI is InChI=1S/C16H33NO2/c1-14(2)12-17-13-16(3,15-6-7-15)8-11-19-10-5-9-18-4/h14-15,17H,5-13H2,1-4H3. The molecule has 0 aromatic rings. The van der Waals surface area contributed by atoms with Gasteiger partial charge in [-0.1, -0.05) is 20.8 Å². The molecule has 0 amide bonds. The van der Waals surface area contributed by atoms with Crippen LogP contribution in [-0.2, 0) is 9.47 Å². The van der Waals surface area contributed by atoms with Crippen LogP contribution in [-0.4, -0.2) is 40.0 Å². The first-order valence-corrected chi connectivity index (χ1v) is 7.86. The van der Waals surface area contributed by atoms with E-state index in [2.05, 4.69) is 26.1 Å². The van der Waals surface area contributed by atoms with Gasteiger partial charge >= 0.3 is 0 Å². The Kier molecular flexibility index (Phi) is 7.96. The summed E-state index contributed by atoms with van der Waals surface area (Å²) in [6, 6.07) is 0. The van der Waals surface area contributed by atoms with E-state index in [-0.39, 0.29) is 0 Å². The zero-order chi connectivity index (χ0) is 14.1. The number of ether oxygens (including phenoxy) is 2. The molecule has 3 heteroatoms. The Hall–Kier alpha value is -0.120. The predicted octanol–water partition coefficient (Wildman–Crippen LogP) is 3.09. The first kappa shape index (κ1) is 16.9. The first-order valence-electron chi connectivity index (χ1n) is 7.86. The normalized spacial score (nSPS) is 18.8. The maximum Gasteiger partial charge on any atom is 0.0487 e. The molecule has 0 heterocycles. The van der Waals surface area contributed by atoms with E-state index in [9.17, 15) is 0 Å². The van der Waals surface area contributed by atoms with Crippen molar-refractivity contribution in [3.63, 3.8) is 0 Å². The predicted molar refractivity (Wildman–Crippen MR) is 80.5 cm³/mol. The van der Waals surface area contributed by atoms with Crippen molar-refractivity contribution in [1.29, 1.82) is 0 Å². The monoisotopic (exact) mass is 271 g/mol. The van der Waals surface area contributed by atoms with Gasteiger partial charge in [-0.2, -0.15) is 0 Å². The Balaban J connectivity index is 2.16. The SMILES string of the molecule is COCCCOCCC(C)(CNCC(C)C)C1CC1. The molecule has 1 N–H and O–H groups in total. The lowest BCUT2D eigenvalue weighted by molar-refractivity contribution is 0.0733. The van der Waals surface area contributed by atoms with Gasteiger partial charge in [-0.3, -0.25) is 0 Å². The van der Waals surface area contributed by atoms with Crippen LogP contribution in [0.25, 0.3) is 0 Å². The quantitative estimate of drug-likeness (QED) is 0.553. The van der Waals surface area contributed by atoms with Gasteiger partial charge < -0.3 is 14.8 Å². The van der Waals surface area contributed by atoms with E-state index in [4.69, 9.17) is 9.47 Å². The topological polar surface area (TPSA) is 30.5 Å². The smallest absolute Gasteiger partial charge is 0.0487 e. The zero-order valence-electron chi connectivity index (χ0n) is 13.3. The second-order valence-electron chi connectivity index (χ2n) is 6.66. The molecule has 0 saturated heterocycles. The van der Waals surface area contributed by atoms with Gasteiger partial charge in [-0.25, -0.2) is 0 Å². The minimum absolute atomic E-state index is 0.427. The zero-order valence-corrected chi connectivity index (χ0v) is 13.3. The molecule has 1 rings (SSSR count).